The average Bonchev–Trinajstić information content (AvgIpc) is 2.87. The van der Waals surface area contributed by atoms with Gasteiger partial charge in [-0.3, -0.25) is 0 Å². The summed E-state index contributed by atoms with van der Waals surface area (Å²) in [6, 6.07) is 32.4. The van der Waals surface area contributed by atoms with Gasteiger partial charge in [-0.15, -0.1) is 0 Å². The zero-order chi connectivity index (χ0) is 23.9. The van der Waals surface area contributed by atoms with Crippen LogP contribution in [0.15, 0.2) is 97.1 Å². The monoisotopic (exact) mass is 490 g/mol. The molecule has 174 valence electrons. The lowest BCUT2D eigenvalue weighted by molar-refractivity contribution is -0.0129. The molecule has 0 aliphatic carbocycles. The fourth-order valence-electron chi connectivity index (χ4n) is 4.12. The summed E-state index contributed by atoms with van der Waals surface area (Å²) in [4.78, 5) is 0. The summed E-state index contributed by atoms with van der Waals surface area (Å²) in [7, 11) is 0. The Labute approximate surface area is 212 Å². The number of benzene rings is 4. The molecule has 2 atom stereocenters. The van der Waals surface area contributed by atoms with E-state index in [0.717, 1.165) is 43.4 Å². The molecule has 2 unspecified atom stereocenters. The number of hydrogen-bond donors (Lipinski definition) is 0. The van der Waals surface area contributed by atoms with Crippen LogP contribution in [0.25, 0.3) is 22.3 Å². The van der Waals surface area contributed by atoms with Crippen LogP contribution in [0.4, 0.5) is 0 Å². The summed E-state index contributed by atoms with van der Waals surface area (Å²) in [6.07, 6.45) is -0.126. The summed E-state index contributed by atoms with van der Waals surface area (Å²) in [5.74, 6) is 0. The van der Waals surface area contributed by atoms with E-state index in [1.807, 2.05) is 72.8 Å². The van der Waals surface area contributed by atoms with Crippen LogP contribution < -0.4 is 0 Å². The van der Waals surface area contributed by atoms with Crippen molar-refractivity contribution in [3.8, 4) is 22.3 Å². The van der Waals surface area contributed by atoms with Crippen molar-refractivity contribution in [3.63, 3.8) is 0 Å². The molecule has 0 radical (unpaired) electrons. The van der Waals surface area contributed by atoms with Gasteiger partial charge in [0, 0.05) is 10.0 Å². The fourth-order valence-corrected chi connectivity index (χ4v) is 4.37. The quantitative estimate of drug-likeness (QED) is 0.217. The highest BCUT2D eigenvalue weighted by Crippen LogP contribution is 2.32. The van der Waals surface area contributed by atoms with E-state index in [1.165, 1.54) is 0 Å². The Morgan fingerprint density at radius 3 is 1.26 bits per heavy atom. The molecule has 4 rings (SSSR count). The van der Waals surface area contributed by atoms with Crippen LogP contribution in [0.2, 0.25) is 10.0 Å². The minimum Gasteiger partial charge on any atom is -0.371 e. The van der Waals surface area contributed by atoms with E-state index in [-0.39, 0.29) is 12.2 Å². The molecule has 0 fully saturated rings. The van der Waals surface area contributed by atoms with Gasteiger partial charge in [-0.2, -0.15) is 0 Å². The van der Waals surface area contributed by atoms with Crippen molar-refractivity contribution in [2.45, 2.75) is 26.1 Å². The second-order valence-electron chi connectivity index (χ2n) is 8.21. The van der Waals surface area contributed by atoms with Gasteiger partial charge in [0.1, 0.15) is 0 Å². The normalized spacial score (nSPS) is 12.9. The zero-order valence-corrected chi connectivity index (χ0v) is 20.9. The van der Waals surface area contributed by atoms with Gasteiger partial charge in [-0.25, -0.2) is 0 Å². The predicted octanol–water partition coefficient (Wildman–Crippen LogP) is 9.18. The van der Waals surface area contributed by atoms with Gasteiger partial charge >= 0.3 is 0 Å². The van der Waals surface area contributed by atoms with E-state index in [9.17, 15) is 0 Å². The summed E-state index contributed by atoms with van der Waals surface area (Å²) in [6.45, 7) is 5.16. The Balaban J connectivity index is 1.37. The molecule has 0 amide bonds. The molecule has 4 aromatic rings. The standard InChI is InChI=1S/C30H28Cl2O2/c1-21(27-7-3-5-9-29(27)23-11-15-25(31)16-12-23)33-19-20-34-22(2)28-8-4-6-10-30(28)24-13-17-26(32)18-14-24/h3-18,21-22H,19-20H2,1-2H3. The average molecular weight is 491 g/mol. The highest BCUT2D eigenvalue weighted by molar-refractivity contribution is 6.30. The van der Waals surface area contributed by atoms with Crippen molar-refractivity contribution in [1.29, 1.82) is 0 Å². The highest BCUT2D eigenvalue weighted by Gasteiger charge is 2.14. The van der Waals surface area contributed by atoms with E-state index in [2.05, 4.69) is 38.1 Å². The molecule has 0 saturated heterocycles. The molecule has 4 heteroatoms. The number of halogens is 2. The van der Waals surface area contributed by atoms with Gasteiger partial charge in [-0.1, -0.05) is 96.0 Å². The Morgan fingerprint density at radius 2 is 0.882 bits per heavy atom. The summed E-state index contributed by atoms with van der Waals surface area (Å²) >= 11 is 12.1. The van der Waals surface area contributed by atoms with E-state index >= 15 is 0 Å². The van der Waals surface area contributed by atoms with Gasteiger partial charge in [0.15, 0.2) is 0 Å². The molecule has 34 heavy (non-hydrogen) atoms. The molecule has 0 N–H and O–H groups in total. The lowest BCUT2D eigenvalue weighted by Gasteiger charge is -2.20. The van der Waals surface area contributed by atoms with Crippen LogP contribution in [-0.2, 0) is 9.47 Å². The first-order chi connectivity index (χ1) is 16.5. The number of hydrogen-bond acceptors (Lipinski definition) is 2. The van der Waals surface area contributed by atoms with E-state index in [1.54, 1.807) is 0 Å². The molecule has 0 heterocycles. The van der Waals surface area contributed by atoms with Crippen molar-refractivity contribution < 1.29 is 9.47 Å². The predicted molar refractivity (Wildman–Crippen MR) is 143 cm³/mol. The lowest BCUT2D eigenvalue weighted by atomic mass is 9.97. The molecule has 0 bridgehead atoms. The van der Waals surface area contributed by atoms with Gasteiger partial charge in [0.2, 0.25) is 0 Å². The maximum absolute atomic E-state index is 6.16. The van der Waals surface area contributed by atoms with E-state index in [4.69, 9.17) is 32.7 Å². The minimum atomic E-state index is -0.0628. The summed E-state index contributed by atoms with van der Waals surface area (Å²) < 4.78 is 12.3. The second kappa shape index (κ2) is 11.7. The van der Waals surface area contributed by atoms with Crippen LogP contribution in [0.1, 0.15) is 37.2 Å². The Hall–Kier alpha value is -2.62. The van der Waals surface area contributed by atoms with Gasteiger partial charge < -0.3 is 9.47 Å². The second-order valence-corrected chi connectivity index (χ2v) is 9.09. The molecule has 0 saturated carbocycles. The molecule has 0 aliphatic heterocycles. The first kappa shape index (κ1) is 24.5. The van der Waals surface area contributed by atoms with Crippen molar-refractivity contribution in [3.05, 3.63) is 118 Å². The largest absolute Gasteiger partial charge is 0.371 e. The highest BCUT2D eigenvalue weighted by atomic mass is 35.5. The van der Waals surface area contributed by atoms with Crippen molar-refractivity contribution >= 4 is 23.2 Å². The number of ether oxygens (including phenoxy) is 2. The lowest BCUT2D eigenvalue weighted by Crippen LogP contribution is -2.11. The molecular weight excluding hydrogens is 463 g/mol. The molecule has 0 aromatic heterocycles. The maximum Gasteiger partial charge on any atom is 0.0803 e. The SMILES string of the molecule is CC(OCCOC(C)c1ccccc1-c1ccc(Cl)cc1)c1ccccc1-c1ccc(Cl)cc1. The Bertz CT molecular complexity index is 1110. The smallest absolute Gasteiger partial charge is 0.0803 e. The summed E-state index contributed by atoms with van der Waals surface area (Å²) in [5.41, 5.74) is 6.84. The third-order valence-corrected chi connectivity index (χ3v) is 6.43. The Kier molecular flexibility index (Phi) is 8.42. The van der Waals surface area contributed by atoms with E-state index < -0.39 is 0 Å². The van der Waals surface area contributed by atoms with Crippen LogP contribution in [-0.4, -0.2) is 13.2 Å². The topological polar surface area (TPSA) is 18.5 Å². The van der Waals surface area contributed by atoms with Crippen molar-refractivity contribution in [2.75, 3.05) is 13.2 Å². The van der Waals surface area contributed by atoms with Crippen LogP contribution in [0.5, 0.6) is 0 Å². The zero-order valence-electron chi connectivity index (χ0n) is 19.4. The molecule has 4 aromatic carbocycles. The van der Waals surface area contributed by atoms with E-state index in [0.29, 0.717) is 13.2 Å². The first-order valence-corrected chi connectivity index (χ1v) is 12.2. The van der Waals surface area contributed by atoms with Crippen molar-refractivity contribution in [1.82, 2.24) is 0 Å². The summed E-state index contributed by atoms with van der Waals surface area (Å²) in [5, 5.41) is 1.46. The van der Waals surface area contributed by atoms with Crippen LogP contribution >= 0.6 is 23.2 Å². The molecular formula is C30H28Cl2O2. The minimum absolute atomic E-state index is 0.0628. The van der Waals surface area contributed by atoms with Crippen LogP contribution in [0, 0.1) is 0 Å². The maximum atomic E-state index is 6.16. The van der Waals surface area contributed by atoms with Gasteiger partial charge in [-0.05, 0) is 71.5 Å². The third kappa shape index (κ3) is 6.08. The first-order valence-electron chi connectivity index (χ1n) is 11.5. The fraction of sp³-hybridized carbons (Fsp3) is 0.200. The van der Waals surface area contributed by atoms with Gasteiger partial charge in [0.05, 0.1) is 25.4 Å². The third-order valence-electron chi connectivity index (χ3n) is 5.93. The number of rotatable bonds is 9. The van der Waals surface area contributed by atoms with Crippen molar-refractivity contribution in [2.24, 2.45) is 0 Å². The molecule has 2 nitrogen and oxygen atoms in total. The van der Waals surface area contributed by atoms with Crippen LogP contribution in [0.3, 0.4) is 0 Å². The van der Waals surface area contributed by atoms with Gasteiger partial charge in [0.25, 0.3) is 0 Å². The Morgan fingerprint density at radius 1 is 0.529 bits per heavy atom. The molecule has 0 aliphatic rings. The molecule has 0 spiro atoms.